The van der Waals surface area contributed by atoms with Gasteiger partial charge in [-0.05, 0) is 42.9 Å². The van der Waals surface area contributed by atoms with Crippen LogP contribution in [0.3, 0.4) is 0 Å². The van der Waals surface area contributed by atoms with Crippen LogP contribution in [0.4, 0.5) is 0 Å². The summed E-state index contributed by atoms with van der Waals surface area (Å²) < 4.78 is 5.66. The summed E-state index contributed by atoms with van der Waals surface area (Å²) in [5, 5.41) is 0. The first-order valence-electron chi connectivity index (χ1n) is 6.99. The molecule has 1 fully saturated rings. The second kappa shape index (κ2) is 6.05. The van der Waals surface area contributed by atoms with Gasteiger partial charge < -0.3 is 4.74 Å². The molecule has 0 aromatic carbocycles. The van der Waals surface area contributed by atoms with E-state index in [0.29, 0.717) is 5.41 Å². The first-order valence-corrected chi connectivity index (χ1v) is 6.99. The van der Waals surface area contributed by atoms with Crippen LogP contribution >= 0.6 is 0 Å². The number of rotatable bonds is 8. The average molecular weight is 226 g/mol. The van der Waals surface area contributed by atoms with Crippen molar-refractivity contribution in [3.8, 4) is 0 Å². The summed E-state index contributed by atoms with van der Waals surface area (Å²) in [4.78, 5) is 0. The molecule has 1 nitrogen and oxygen atoms in total. The molecule has 0 N–H and O–H groups in total. The van der Waals surface area contributed by atoms with Crippen molar-refractivity contribution >= 4 is 0 Å². The number of hydrogen-bond donors (Lipinski definition) is 0. The van der Waals surface area contributed by atoms with Crippen molar-refractivity contribution in [3.63, 3.8) is 0 Å². The summed E-state index contributed by atoms with van der Waals surface area (Å²) in [6, 6.07) is 0. The molecule has 0 unspecified atom stereocenters. The van der Waals surface area contributed by atoms with E-state index in [2.05, 4.69) is 27.7 Å². The molecule has 0 atom stereocenters. The maximum atomic E-state index is 5.66. The predicted molar refractivity (Wildman–Crippen MR) is 70.7 cm³/mol. The maximum Gasteiger partial charge on any atom is 0.0471 e. The largest absolute Gasteiger partial charge is 0.381 e. The second-order valence-corrected chi connectivity index (χ2v) is 7.04. The average Bonchev–Trinajstić information content (AvgIpc) is 2.87. The molecule has 0 aromatic rings. The zero-order valence-electron chi connectivity index (χ0n) is 11.8. The molecule has 1 heteroatoms. The minimum atomic E-state index is 0.417. The normalized spacial score (nSPS) is 18.8. The van der Waals surface area contributed by atoms with Crippen LogP contribution < -0.4 is 0 Å². The van der Waals surface area contributed by atoms with Gasteiger partial charge in [0, 0.05) is 13.2 Å². The van der Waals surface area contributed by atoms with Gasteiger partial charge in [0.25, 0.3) is 0 Å². The lowest BCUT2D eigenvalue weighted by atomic mass is 9.93. The zero-order valence-corrected chi connectivity index (χ0v) is 11.8. The summed E-state index contributed by atoms with van der Waals surface area (Å²) in [6.45, 7) is 11.1. The summed E-state index contributed by atoms with van der Waals surface area (Å²) in [7, 11) is 0. The van der Waals surface area contributed by atoms with Gasteiger partial charge in [0.1, 0.15) is 0 Å². The van der Waals surface area contributed by atoms with Crippen LogP contribution in [-0.4, -0.2) is 13.2 Å². The van der Waals surface area contributed by atoms with Crippen molar-refractivity contribution in [1.29, 1.82) is 0 Å². The van der Waals surface area contributed by atoms with E-state index >= 15 is 0 Å². The number of unbranched alkanes of at least 4 members (excludes halogenated alkanes) is 2. The van der Waals surface area contributed by atoms with E-state index in [9.17, 15) is 0 Å². The molecule has 1 aliphatic carbocycles. The molecule has 1 aliphatic rings. The first-order chi connectivity index (χ1) is 7.41. The Bertz CT molecular complexity index is 175. The summed E-state index contributed by atoms with van der Waals surface area (Å²) in [6.07, 6.45) is 9.55. The third kappa shape index (κ3) is 7.27. The summed E-state index contributed by atoms with van der Waals surface area (Å²) >= 11 is 0. The van der Waals surface area contributed by atoms with Gasteiger partial charge in [-0.25, -0.2) is 0 Å². The molecule has 0 saturated heterocycles. The lowest BCUT2D eigenvalue weighted by Gasteiger charge is -2.17. The van der Waals surface area contributed by atoms with Crippen molar-refractivity contribution in [3.05, 3.63) is 0 Å². The standard InChI is InChI=1S/C15H30O/c1-14(2,3)11-13-16-12-7-5-6-8-15(4)9-10-15/h5-13H2,1-4H3. The third-order valence-electron chi connectivity index (χ3n) is 3.67. The SMILES string of the molecule is CC(C)(C)CCOCCCCCC1(C)CC1. The highest BCUT2D eigenvalue weighted by atomic mass is 16.5. The van der Waals surface area contributed by atoms with E-state index in [-0.39, 0.29) is 0 Å². The van der Waals surface area contributed by atoms with Crippen LogP contribution in [0, 0.1) is 10.8 Å². The van der Waals surface area contributed by atoms with E-state index in [4.69, 9.17) is 4.74 Å². The van der Waals surface area contributed by atoms with E-state index in [1.54, 1.807) is 0 Å². The van der Waals surface area contributed by atoms with E-state index in [0.717, 1.165) is 18.6 Å². The van der Waals surface area contributed by atoms with Gasteiger partial charge in [-0.1, -0.05) is 40.5 Å². The molecule has 0 bridgehead atoms. The van der Waals surface area contributed by atoms with Gasteiger partial charge in [-0.2, -0.15) is 0 Å². The highest BCUT2D eigenvalue weighted by molar-refractivity contribution is 4.87. The molecule has 1 rings (SSSR count). The van der Waals surface area contributed by atoms with Crippen molar-refractivity contribution < 1.29 is 4.74 Å². The predicted octanol–water partition coefficient (Wildman–Crippen LogP) is 4.80. The molecule has 0 spiro atoms. The van der Waals surface area contributed by atoms with Crippen molar-refractivity contribution in [2.24, 2.45) is 10.8 Å². The molecule has 0 radical (unpaired) electrons. The molecule has 0 aliphatic heterocycles. The van der Waals surface area contributed by atoms with Gasteiger partial charge >= 0.3 is 0 Å². The minimum Gasteiger partial charge on any atom is -0.381 e. The Hall–Kier alpha value is -0.0400. The quantitative estimate of drug-likeness (QED) is 0.540. The van der Waals surface area contributed by atoms with Gasteiger partial charge in [-0.15, -0.1) is 0 Å². The molecule has 0 amide bonds. The fourth-order valence-corrected chi connectivity index (χ4v) is 1.88. The highest BCUT2D eigenvalue weighted by Gasteiger charge is 2.35. The summed E-state index contributed by atoms with van der Waals surface area (Å²) in [5.41, 5.74) is 1.16. The Morgan fingerprint density at radius 2 is 1.69 bits per heavy atom. The Kier molecular flexibility index (Phi) is 5.30. The van der Waals surface area contributed by atoms with Gasteiger partial charge in [0.05, 0.1) is 0 Å². The highest BCUT2D eigenvalue weighted by Crippen LogP contribution is 2.49. The molecule has 16 heavy (non-hydrogen) atoms. The van der Waals surface area contributed by atoms with E-state index in [1.165, 1.54) is 44.9 Å². The smallest absolute Gasteiger partial charge is 0.0471 e. The van der Waals surface area contributed by atoms with Crippen LogP contribution in [0.1, 0.15) is 72.6 Å². The van der Waals surface area contributed by atoms with Crippen molar-refractivity contribution in [1.82, 2.24) is 0 Å². The Morgan fingerprint density at radius 1 is 1.00 bits per heavy atom. The Morgan fingerprint density at radius 3 is 2.25 bits per heavy atom. The number of ether oxygens (including phenoxy) is 1. The Balaban J connectivity index is 1.78. The molecular formula is C15H30O. The number of hydrogen-bond acceptors (Lipinski definition) is 1. The van der Waals surface area contributed by atoms with E-state index in [1.807, 2.05) is 0 Å². The molecule has 0 heterocycles. The van der Waals surface area contributed by atoms with Crippen molar-refractivity contribution in [2.45, 2.75) is 72.6 Å². The van der Waals surface area contributed by atoms with Crippen LogP contribution in [-0.2, 0) is 4.74 Å². The monoisotopic (exact) mass is 226 g/mol. The lowest BCUT2D eigenvalue weighted by Crippen LogP contribution is -2.10. The molecule has 96 valence electrons. The van der Waals surface area contributed by atoms with Crippen LogP contribution in [0.2, 0.25) is 0 Å². The molecule has 1 saturated carbocycles. The summed E-state index contributed by atoms with van der Waals surface area (Å²) in [5.74, 6) is 0. The first kappa shape index (κ1) is 14.0. The second-order valence-electron chi connectivity index (χ2n) is 7.04. The topological polar surface area (TPSA) is 9.23 Å². The van der Waals surface area contributed by atoms with Gasteiger partial charge in [0.2, 0.25) is 0 Å². The molecule has 0 aromatic heterocycles. The maximum absolute atomic E-state index is 5.66. The third-order valence-corrected chi connectivity index (χ3v) is 3.67. The minimum absolute atomic E-state index is 0.417. The van der Waals surface area contributed by atoms with Gasteiger partial charge in [-0.3, -0.25) is 0 Å². The fraction of sp³-hybridized carbons (Fsp3) is 1.00. The zero-order chi connectivity index (χ0) is 12.1. The fourth-order valence-electron chi connectivity index (χ4n) is 1.88. The van der Waals surface area contributed by atoms with Crippen LogP contribution in [0.15, 0.2) is 0 Å². The van der Waals surface area contributed by atoms with Crippen LogP contribution in [0.25, 0.3) is 0 Å². The van der Waals surface area contributed by atoms with E-state index < -0.39 is 0 Å². The molecular weight excluding hydrogens is 196 g/mol. The van der Waals surface area contributed by atoms with Crippen LogP contribution in [0.5, 0.6) is 0 Å². The lowest BCUT2D eigenvalue weighted by molar-refractivity contribution is 0.105. The van der Waals surface area contributed by atoms with Crippen molar-refractivity contribution in [2.75, 3.05) is 13.2 Å². The van der Waals surface area contributed by atoms with Gasteiger partial charge in [0.15, 0.2) is 0 Å². The Labute approximate surface area is 102 Å².